The quantitative estimate of drug-likeness (QED) is 0.164. The Morgan fingerprint density at radius 2 is 1.80 bits per heavy atom. The second-order valence-electron chi connectivity index (χ2n) is 16.9. The SMILES string of the molecule is CNC(=O)c1cc(-c2cccc(CN3O[C@@H](CN)[C@@H]([C@H](C)OC(=O)CCCc4ccccc4)[C@H]3C(=O)N[C@H]3C[C@@H]4C[C@H]([C@@H]3C)C4(C)C)c2C)cc(N(C)C)c1. The first-order chi connectivity index (χ1) is 26.2. The number of benzene rings is 3. The molecule has 10 heteroatoms. The van der Waals surface area contributed by atoms with Gasteiger partial charge in [0.25, 0.3) is 5.91 Å². The van der Waals surface area contributed by atoms with E-state index in [9.17, 15) is 14.4 Å². The van der Waals surface area contributed by atoms with Gasteiger partial charge in [0, 0.05) is 51.4 Å². The van der Waals surface area contributed by atoms with E-state index in [4.69, 9.17) is 15.3 Å². The monoisotopic (exact) mass is 751 g/mol. The maximum absolute atomic E-state index is 14.7. The number of aryl methyl sites for hydroxylation is 1. The van der Waals surface area contributed by atoms with Crippen molar-refractivity contribution >= 4 is 23.5 Å². The summed E-state index contributed by atoms with van der Waals surface area (Å²) in [6.07, 6.45) is 2.75. The van der Waals surface area contributed by atoms with Crippen LogP contribution in [0.25, 0.3) is 11.1 Å². The summed E-state index contributed by atoms with van der Waals surface area (Å²) in [5.41, 5.74) is 13.2. The van der Waals surface area contributed by atoms with Crippen LogP contribution in [0.2, 0.25) is 0 Å². The van der Waals surface area contributed by atoms with Crippen molar-refractivity contribution in [1.29, 1.82) is 0 Å². The minimum absolute atomic E-state index is 0.0584. The molecule has 3 aliphatic carbocycles. The van der Waals surface area contributed by atoms with Gasteiger partial charge in [-0.1, -0.05) is 69.3 Å². The molecule has 7 rings (SSSR count). The molecule has 0 radical (unpaired) electrons. The molecular weight excluding hydrogens is 691 g/mol. The Labute approximate surface area is 327 Å². The average Bonchev–Trinajstić information content (AvgIpc) is 3.54. The molecule has 1 saturated heterocycles. The van der Waals surface area contributed by atoms with Crippen molar-refractivity contribution in [3.8, 4) is 11.1 Å². The Morgan fingerprint density at radius 1 is 1.05 bits per heavy atom. The third-order valence-electron chi connectivity index (χ3n) is 13.1. The topological polar surface area (TPSA) is 126 Å². The Balaban J connectivity index is 1.27. The van der Waals surface area contributed by atoms with Gasteiger partial charge >= 0.3 is 5.97 Å². The Bertz CT molecular complexity index is 1850. The smallest absolute Gasteiger partial charge is 0.306 e. The third-order valence-corrected chi connectivity index (χ3v) is 13.1. The van der Waals surface area contributed by atoms with Crippen LogP contribution in [0, 0.1) is 36.0 Å². The summed E-state index contributed by atoms with van der Waals surface area (Å²) in [6.45, 7) is 11.4. The van der Waals surface area contributed by atoms with Gasteiger partial charge in [-0.05, 0) is 109 Å². The molecule has 296 valence electrons. The van der Waals surface area contributed by atoms with Crippen molar-refractivity contribution in [2.45, 2.75) is 97.6 Å². The molecule has 2 bridgehead atoms. The first kappa shape index (κ1) is 40.4. The van der Waals surface area contributed by atoms with Crippen LogP contribution in [0.4, 0.5) is 5.69 Å². The van der Waals surface area contributed by atoms with Gasteiger partial charge in [-0.3, -0.25) is 19.2 Å². The first-order valence-electron chi connectivity index (χ1n) is 20.0. The summed E-state index contributed by atoms with van der Waals surface area (Å²) < 4.78 is 6.10. The summed E-state index contributed by atoms with van der Waals surface area (Å²) in [5, 5.41) is 7.99. The van der Waals surface area contributed by atoms with Gasteiger partial charge in [0.1, 0.15) is 12.1 Å². The number of amides is 2. The summed E-state index contributed by atoms with van der Waals surface area (Å²) >= 11 is 0. The van der Waals surface area contributed by atoms with E-state index in [1.54, 1.807) is 12.1 Å². The molecule has 1 heterocycles. The molecule has 4 aliphatic rings. The number of hydrogen-bond acceptors (Lipinski definition) is 8. The van der Waals surface area contributed by atoms with Crippen LogP contribution < -0.4 is 21.3 Å². The van der Waals surface area contributed by atoms with Crippen molar-refractivity contribution in [3.63, 3.8) is 0 Å². The predicted octanol–water partition coefficient (Wildman–Crippen LogP) is 6.29. The molecule has 1 aliphatic heterocycles. The summed E-state index contributed by atoms with van der Waals surface area (Å²) in [6, 6.07) is 21.4. The van der Waals surface area contributed by atoms with E-state index in [1.165, 1.54) is 12.0 Å². The van der Waals surface area contributed by atoms with Crippen molar-refractivity contribution in [3.05, 3.63) is 89.0 Å². The number of hydroxylamine groups is 2. The molecule has 4 N–H and O–H groups in total. The molecule has 55 heavy (non-hydrogen) atoms. The molecule has 0 unspecified atom stereocenters. The van der Waals surface area contributed by atoms with Crippen LogP contribution in [0.5, 0.6) is 0 Å². The van der Waals surface area contributed by atoms with E-state index in [1.807, 2.05) is 68.4 Å². The minimum Gasteiger partial charge on any atom is -0.462 e. The fourth-order valence-corrected chi connectivity index (χ4v) is 9.58. The maximum atomic E-state index is 14.7. The van der Waals surface area contributed by atoms with Gasteiger partial charge < -0.3 is 26.0 Å². The fraction of sp³-hybridized carbons (Fsp3) is 0.533. The van der Waals surface area contributed by atoms with Gasteiger partial charge in [-0.25, -0.2) is 0 Å². The highest BCUT2D eigenvalue weighted by molar-refractivity contribution is 5.96. The largest absolute Gasteiger partial charge is 0.462 e. The van der Waals surface area contributed by atoms with Crippen molar-refractivity contribution < 1.29 is 24.0 Å². The number of fused-ring (bicyclic) bond motifs is 2. The molecule has 3 aromatic carbocycles. The van der Waals surface area contributed by atoms with Gasteiger partial charge in [-0.2, -0.15) is 5.06 Å². The number of carbonyl (C=O) groups excluding carboxylic acids is 3. The van der Waals surface area contributed by atoms with E-state index in [-0.39, 0.29) is 42.2 Å². The molecule has 10 nitrogen and oxygen atoms in total. The fourth-order valence-electron chi connectivity index (χ4n) is 9.58. The van der Waals surface area contributed by atoms with Crippen LogP contribution in [-0.4, -0.2) is 74.8 Å². The number of rotatable bonds is 14. The highest BCUT2D eigenvalue weighted by Gasteiger charge is 2.57. The van der Waals surface area contributed by atoms with Crippen molar-refractivity contribution in [2.24, 2.45) is 34.8 Å². The number of nitrogens with zero attached hydrogens (tertiary/aromatic N) is 2. The van der Waals surface area contributed by atoms with E-state index in [0.29, 0.717) is 36.3 Å². The Morgan fingerprint density at radius 3 is 2.45 bits per heavy atom. The summed E-state index contributed by atoms with van der Waals surface area (Å²) in [5.74, 6) is 0.445. The third kappa shape index (κ3) is 8.47. The zero-order valence-electron chi connectivity index (χ0n) is 33.9. The van der Waals surface area contributed by atoms with Gasteiger partial charge in [0.15, 0.2) is 0 Å². The minimum atomic E-state index is -0.737. The second kappa shape index (κ2) is 16.9. The normalized spacial score (nSPS) is 26.1. The Kier molecular flexibility index (Phi) is 12.4. The lowest BCUT2D eigenvalue weighted by Gasteiger charge is -2.62. The molecule has 3 aromatic rings. The number of anilines is 1. The van der Waals surface area contributed by atoms with Crippen LogP contribution in [-0.2, 0) is 32.1 Å². The van der Waals surface area contributed by atoms with E-state index in [2.05, 4.69) is 62.6 Å². The van der Waals surface area contributed by atoms with E-state index in [0.717, 1.165) is 40.8 Å². The van der Waals surface area contributed by atoms with Gasteiger partial charge in [0.05, 0.1) is 18.6 Å². The molecular formula is C45H61N5O5. The molecule has 4 fully saturated rings. The van der Waals surface area contributed by atoms with Crippen molar-refractivity contribution in [1.82, 2.24) is 15.7 Å². The number of ether oxygens (including phenoxy) is 1. The van der Waals surface area contributed by atoms with E-state index >= 15 is 0 Å². The van der Waals surface area contributed by atoms with E-state index < -0.39 is 24.2 Å². The van der Waals surface area contributed by atoms with Crippen LogP contribution >= 0.6 is 0 Å². The first-order valence-corrected chi connectivity index (χ1v) is 20.0. The zero-order valence-corrected chi connectivity index (χ0v) is 33.9. The number of carbonyl (C=O) groups is 3. The number of hydrogen-bond donors (Lipinski definition) is 3. The van der Waals surface area contributed by atoms with Gasteiger partial charge in [-0.15, -0.1) is 0 Å². The molecule has 8 atom stereocenters. The zero-order chi connectivity index (χ0) is 39.6. The number of nitrogens with one attached hydrogen (secondary N) is 2. The molecule has 3 saturated carbocycles. The maximum Gasteiger partial charge on any atom is 0.306 e. The molecule has 0 aromatic heterocycles. The predicted molar refractivity (Wildman–Crippen MR) is 217 cm³/mol. The lowest BCUT2D eigenvalue weighted by atomic mass is 9.45. The van der Waals surface area contributed by atoms with Crippen LogP contribution in [0.1, 0.15) is 80.4 Å². The number of esters is 1. The highest BCUT2D eigenvalue weighted by atomic mass is 16.7. The van der Waals surface area contributed by atoms with Crippen LogP contribution in [0.3, 0.4) is 0 Å². The Hall–Kier alpha value is -4.25. The standard InChI is InChI=1S/C45H61N5O5/c1-27-31(17-13-18-36(27)32-20-33(43(52)47-6)22-35(21-32)49(7)8)26-50-42(44(53)48-38-24-34-23-37(28(38)2)45(34,4)5)41(39(25-46)55-50)29(3)54-40(51)19-12-16-30-14-10-9-11-15-30/h9-11,13-15,17-18,20-22,28-29,34,37-39,41-42H,12,16,19,23-26,46H2,1-8H3,(H,47,52)(H,48,53)/t28-,29-,34-,37+,38-,39-,41+,42-/m0/s1. The summed E-state index contributed by atoms with van der Waals surface area (Å²) in [4.78, 5) is 49.3. The van der Waals surface area contributed by atoms with Crippen molar-refractivity contribution in [2.75, 3.05) is 32.6 Å². The second-order valence-corrected chi connectivity index (χ2v) is 16.9. The number of nitrogens with two attached hydrogens (primary N) is 1. The van der Waals surface area contributed by atoms with Gasteiger partial charge in [0.2, 0.25) is 5.91 Å². The molecule has 2 amide bonds. The highest BCUT2D eigenvalue weighted by Crippen LogP contribution is 2.61. The molecule has 0 spiro atoms. The van der Waals surface area contributed by atoms with Crippen LogP contribution in [0.15, 0.2) is 66.7 Å². The summed E-state index contributed by atoms with van der Waals surface area (Å²) in [7, 11) is 5.54. The lowest BCUT2D eigenvalue weighted by molar-refractivity contribution is -0.175. The average molecular weight is 752 g/mol. The lowest BCUT2D eigenvalue weighted by Crippen LogP contribution is -2.62.